The lowest BCUT2D eigenvalue weighted by molar-refractivity contribution is 0.661. The van der Waals surface area contributed by atoms with E-state index in [9.17, 15) is 0 Å². The fraction of sp³-hybridized carbons (Fsp3) is 0.0652. The predicted octanol–water partition coefficient (Wildman–Crippen LogP) is 12.1. The Kier molecular flexibility index (Phi) is 5.66. The Labute approximate surface area is 279 Å². The van der Waals surface area contributed by atoms with Crippen molar-refractivity contribution in [1.29, 1.82) is 0 Å². The Hall–Kier alpha value is -5.99. The number of nitrogens with zero attached hydrogens (tertiary/aromatic N) is 2. The number of pyridine rings is 1. The number of hydrogen-bond acceptors (Lipinski definition) is 1. The molecule has 0 aliphatic heterocycles. The molecule has 0 amide bonds. The van der Waals surface area contributed by atoms with Gasteiger partial charge in [-0.25, -0.2) is 0 Å². The van der Waals surface area contributed by atoms with Crippen LogP contribution in [0, 0.1) is 0 Å². The van der Waals surface area contributed by atoms with Crippen LogP contribution in [0.25, 0.3) is 82.5 Å². The van der Waals surface area contributed by atoms with Gasteiger partial charge >= 0.3 is 0 Å². The minimum absolute atomic E-state index is 0.0826. The van der Waals surface area contributed by atoms with Crippen LogP contribution in [0.4, 0.5) is 0 Å². The molecule has 0 atom stereocenters. The van der Waals surface area contributed by atoms with Crippen LogP contribution >= 0.6 is 0 Å². The third-order valence-corrected chi connectivity index (χ3v) is 10.6. The van der Waals surface area contributed by atoms with E-state index in [-0.39, 0.29) is 5.41 Å². The Morgan fingerprint density at radius 1 is 0.479 bits per heavy atom. The summed E-state index contributed by atoms with van der Waals surface area (Å²) in [5.74, 6) is 0. The van der Waals surface area contributed by atoms with Crippen molar-refractivity contribution in [2.24, 2.45) is 0 Å². The molecule has 0 saturated carbocycles. The molecular weight excluding hydrogens is 581 g/mol. The molecule has 2 nitrogen and oxygen atoms in total. The first-order valence-electron chi connectivity index (χ1n) is 16.7. The first-order chi connectivity index (χ1) is 23.6. The first kappa shape index (κ1) is 27.2. The third-order valence-electron chi connectivity index (χ3n) is 10.6. The molecule has 10 rings (SSSR count). The van der Waals surface area contributed by atoms with Gasteiger partial charge in [-0.3, -0.25) is 4.98 Å². The van der Waals surface area contributed by atoms with E-state index in [1.165, 1.54) is 77.1 Å². The van der Waals surface area contributed by atoms with Gasteiger partial charge in [0.1, 0.15) is 0 Å². The zero-order valence-electron chi connectivity index (χ0n) is 26.9. The summed E-state index contributed by atoms with van der Waals surface area (Å²) in [5.41, 5.74) is 14.9. The summed E-state index contributed by atoms with van der Waals surface area (Å²) < 4.78 is 2.46. The van der Waals surface area contributed by atoms with Crippen LogP contribution in [0.15, 0.2) is 158 Å². The molecule has 2 aromatic heterocycles. The van der Waals surface area contributed by atoms with Crippen LogP contribution < -0.4 is 0 Å². The third kappa shape index (κ3) is 3.83. The van der Waals surface area contributed by atoms with E-state index < -0.39 is 0 Å². The van der Waals surface area contributed by atoms with Gasteiger partial charge in [-0.15, -0.1) is 0 Å². The quantitative estimate of drug-likeness (QED) is 0.182. The highest BCUT2D eigenvalue weighted by Gasteiger charge is 2.36. The van der Waals surface area contributed by atoms with Gasteiger partial charge in [-0.05, 0) is 92.4 Å². The van der Waals surface area contributed by atoms with E-state index in [0.717, 1.165) is 16.6 Å². The molecule has 1 aliphatic carbocycles. The van der Waals surface area contributed by atoms with Gasteiger partial charge in [-0.2, -0.15) is 0 Å². The molecule has 48 heavy (non-hydrogen) atoms. The molecule has 0 spiro atoms. The smallest absolute Gasteiger partial charge is 0.0786 e. The van der Waals surface area contributed by atoms with Gasteiger partial charge in [0.2, 0.25) is 0 Å². The van der Waals surface area contributed by atoms with E-state index in [1.807, 2.05) is 12.3 Å². The average molecular weight is 613 g/mol. The number of aromatic nitrogens is 2. The van der Waals surface area contributed by atoms with E-state index in [0.29, 0.717) is 0 Å². The molecule has 7 aromatic carbocycles. The molecule has 0 saturated heterocycles. The summed E-state index contributed by atoms with van der Waals surface area (Å²) in [6.07, 6.45) is 1.90. The van der Waals surface area contributed by atoms with Crippen molar-refractivity contribution in [2.45, 2.75) is 19.3 Å². The molecule has 1 aliphatic rings. The fourth-order valence-electron chi connectivity index (χ4n) is 8.25. The zero-order chi connectivity index (χ0) is 32.0. The molecule has 0 radical (unpaired) electrons. The first-order valence-corrected chi connectivity index (χ1v) is 16.7. The topological polar surface area (TPSA) is 17.8 Å². The summed E-state index contributed by atoms with van der Waals surface area (Å²) in [4.78, 5) is 4.85. The summed E-state index contributed by atoms with van der Waals surface area (Å²) in [5, 5.41) is 6.09. The van der Waals surface area contributed by atoms with Crippen LogP contribution in [0.1, 0.15) is 25.0 Å². The molecule has 0 bridgehead atoms. The highest BCUT2D eigenvalue weighted by molar-refractivity contribution is 6.16. The van der Waals surface area contributed by atoms with Crippen LogP contribution in [0.3, 0.4) is 0 Å². The van der Waals surface area contributed by atoms with E-state index >= 15 is 0 Å². The number of benzene rings is 7. The highest BCUT2D eigenvalue weighted by Crippen LogP contribution is 2.51. The van der Waals surface area contributed by atoms with Gasteiger partial charge in [0.25, 0.3) is 0 Å². The molecule has 2 heteroatoms. The second-order valence-corrected chi connectivity index (χ2v) is 13.6. The van der Waals surface area contributed by atoms with Crippen molar-refractivity contribution in [1.82, 2.24) is 9.55 Å². The van der Waals surface area contributed by atoms with Crippen molar-refractivity contribution in [3.63, 3.8) is 0 Å². The van der Waals surface area contributed by atoms with Crippen molar-refractivity contribution < 1.29 is 0 Å². The maximum Gasteiger partial charge on any atom is 0.0786 e. The molecule has 0 fully saturated rings. The van der Waals surface area contributed by atoms with Gasteiger partial charge in [0.05, 0.1) is 16.6 Å². The summed E-state index contributed by atoms with van der Waals surface area (Å²) >= 11 is 0. The van der Waals surface area contributed by atoms with Gasteiger partial charge in [-0.1, -0.05) is 123 Å². The van der Waals surface area contributed by atoms with E-state index in [1.54, 1.807) is 0 Å². The van der Waals surface area contributed by atoms with Crippen LogP contribution in [-0.2, 0) is 5.41 Å². The van der Waals surface area contributed by atoms with Crippen molar-refractivity contribution in [2.75, 3.05) is 0 Å². The highest BCUT2D eigenvalue weighted by atomic mass is 15.0. The zero-order valence-corrected chi connectivity index (χ0v) is 26.9. The monoisotopic (exact) mass is 612 g/mol. The van der Waals surface area contributed by atoms with E-state index in [4.69, 9.17) is 4.98 Å². The molecular formula is C46H32N2. The molecule has 2 heterocycles. The standard InChI is InChI=1S/C46H32N2/c1-46(2)40-16-7-6-14-36(40)37-27-39-38-26-33(35-15-8-12-31-17-18-32-13-9-25-47-45(32)44(31)35)21-24-42(38)48(43(39)28-41(37)46)34-22-19-30(20-23-34)29-10-4-3-5-11-29/h3-28H,1-2H3. The van der Waals surface area contributed by atoms with Gasteiger partial charge in [0, 0.05) is 38.8 Å². The van der Waals surface area contributed by atoms with Crippen molar-refractivity contribution in [3.8, 4) is 39.1 Å². The average Bonchev–Trinajstić information content (AvgIpc) is 3.58. The number of hydrogen-bond donors (Lipinski definition) is 0. The largest absolute Gasteiger partial charge is 0.309 e. The Balaban J connectivity index is 1.26. The number of rotatable bonds is 3. The summed E-state index contributed by atoms with van der Waals surface area (Å²) in [6.45, 7) is 4.73. The van der Waals surface area contributed by atoms with Crippen molar-refractivity contribution in [3.05, 3.63) is 169 Å². The summed E-state index contributed by atoms with van der Waals surface area (Å²) in [7, 11) is 0. The van der Waals surface area contributed by atoms with Gasteiger partial charge in [0.15, 0.2) is 0 Å². The van der Waals surface area contributed by atoms with E-state index in [2.05, 4.69) is 164 Å². The number of fused-ring (bicyclic) bond motifs is 9. The fourth-order valence-corrected chi connectivity index (χ4v) is 8.25. The van der Waals surface area contributed by atoms with Crippen LogP contribution in [0.2, 0.25) is 0 Å². The molecule has 9 aromatic rings. The Morgan fingerprint density at radius 2 is 1.19 bits per heavy atom. The molecule has 0 N–H and O–H groups in total. The maximum absolute atomic E-state index is 4.85. The van der Waals surface area contributed by atoms with Gasteiger partial charge < -0.3 is 4.57 Å². The van der Waals surface area contributed by atoms with Crippen LogP contribution in [-0.4, -0.2) is 9.55 Å². The van der Waals surface area contributed by atoms with Crippen LogP contribution in [0.5, 0.6) is 0 Å². The Morgan fingerprint density at radius 3 is 2.06 bits per heavy atom. The SMILES string of the molecule is CC1(C)c2ccccc2-c2cc3c4cc(-c5cccc6ccc7cccnc7c56)ccc4n(-c4ccc(-c5ccccc5)cc4)c3cc21. The molecule has 226 valence electrons. The lowest BCUT2D eigenvalue weighted by Crippen LogP contribution is -2.14. The predicted molar refractivity (Wildman–Crippen MR) is 202 cm³/mol. The summed E-state index contributed by atoms with van der Waals surface area (Å²) in [6, 6.07) is 55.7. The lowest BCUT2D eigenvalue weighted by atomic mass is 9.82. The Bertz CT molecular complexity index is 2730. The minimum Gasteiger partial charge on any atom is -0.309 e. The maximum atomic E-state index is 4.85. The minimum atomic E-state index is -0.0826. The second-order valence-electron chi connectivity index (χ2n) is 13.6. The van der Waals surface area contributed by atoms with Crippen molar-refractivity contribution >= 4 is 43.5 Å². The lowest BCUT2D eigenvalue weighted by Gasteiger charge is -2.21. The normalized spacial score (nSPS) is 13.4. The second kappa shape index (κ2) is 10.0. The molecule has 0 unspecified atom stereocenters.